The summed E-state index contributed by atoms with van der Waals surface area (Å²) >= 11 is 0. The number of nitrogens with one attached hydrogen (secondary N) is 1. The van der Waals surface area contributed by atoms with Crippen molar-refractivity contribution in [2.75, 3.05) is 6.54 Å². The Hall–Kier alpha value is -0.250. The number of rotatable bonds is 6. The highest BCUT2D eigenvalue weighted by Crippen LogP contribution is 2.27. The first-order valence-electron chi connectivity index (χ1n) is 5.25. The number of halogens is 3. The molecular weight excluding hydrogens is 191 g/mol. The maximum atomic E-state index is 12.5. The van der Waals surface area contributed by atoms with Crippen LogP contribution in [0.15, 0.2) is 0 Å². The maximum absolute atomic E-state index is 12.5. The van der Waals surface area contributed by atoms with E-state index in [2.05, 4.69) is 5.32 Å². The Morgan fingerprint density at radius 3 is 1.86 bits per heavy atom. The molecule has 0 fully saturated rings. The van der Waals surface area contributed by atoms with Crippen molar-refractivity contribution in [3.63, 3.8) is 0 Å². The van der Waals surface area contributed by atoms with Gasteiger partial charge >= 0.3 is 6.18 Å². The summed E-state index contributed by atoms with van der Waals surface area (Å²) in [4.78, 5) is 0. The molecule has 1 nitrogen and oxygen atoms in total. The van der Waals surface area contributed by atoms with Crippen LogP contribution in [0.2, 0.25) is 0 Å². The molecule has 0 rings (SSSR count). The minimum atomic E-state index is -4.11. The summed E-state index contributed by atoms with van der Waals surface area (Å²) < 4.78 is 37.4. The molecule has 4 heteroatoms. The minimum absolute atomic E-state index is 0.167. The summed E-state index contributed by atoms with van der Waals surface area (Å²) in [6, 6.07) is -1.34. The van der Waals surface area contributed by atoms with Crippen LogP contribution in [0.3, 0.4) is 0 Å². The van der Waals surface area contributed by atoms with Crippen molar-refractivity contribution in [1.82, 2.24) is 5.32 Å². The van der Waals surface area contributed by atoms with Crippen LogP contribution in [-0.2, 0) is 0 Å². The van der Waals surface area contributed by atoms with Gasteiger partial charge in [-0.15, -0.1) is 0 Å². The highest BCUT2D eigenvalue weighted by Gasteiger charge is 2.39. The van der Waals surface area contributed by atoms with Gasteiger partial charge in [-0.25, -0.2) is 0 Å². The first-order chi connectivity index (χ1) is 6.45. The van der Waals surface area contributed by atoms with Crippen LogP contribution in [0.5, 0.6) is 0 Å². The molecule has 0 radical (unpaired) electrons. The van der Waals surface area contributed by atoms with E-state index in [4.69, 9.17) is 0 Å². The van der Waals surface area contributed by atoms with Gasteiger partial charge in [0.1, 0.15) is 6.04 Å². The van der Waals surface area contributed by atoms with Crippen molar-refractivity contribution in [3.05, 3.63) is 0 Å². The molecule has 0 spiro atoms. The molecule has 0 aliphatic carbocycles. The van der Waals surface area contributed by atoms with Crippen molar-refractivity contribution in [2.24, 2.45) is 5.92 Å². The van der Waals surface area contributed by atoms with Gasteiger partial charge in [0.2, 0.25) is 0 Å². The predicted octanol–water partition coefficient (Wildman–Crippen LogP) is 3.35. The Morgan fingerprint density at radius 1 is 1.07 bits per heavy atom. The number of hydrogen-bond acceptors (Lipinski definition) is 1. The van der Waals surface area contributed by atoms with E-state index in [-0.39, 0.29) is 12.3 Å². The Bertz CT molecular complexity index is 141. The second-order valence-corrected chi connectivity index (χ2v) is 3.57. The SMILES string of the molecule is CCNC(CC(CC)CC)C(F)(F)F. The van der Waals surface area contributed by atoms with E-state index in [0.717, 1.165) is 12.8 Å². The van der Waals surface area contributed by atoms with Crippen molar-refractivity contribution in [1.29, 1.82) is 0 Å². The zero-order valence-electron chi connectivity index (χ0n) is 9.12. The number of hydrogen-bond donors (Lipinski definition) is 1. The third kappa shape index (κ3) is 4.84. The lowest BCUT2D eigenvalue weighted by Gasteiger charge is -2.24. The topological polar surface area (TPSA) is 12.0 Å². The zero-order chi connectivity index (χ0) is 11.2. The van der Waals surface area contributed by atoms with E-state index < -0.39 is 12.2 Å². The lowest BCUT2D eigenvalue weighted by Crippen LogP contribution is -2.43. The average Bonchev–Trinajstić information content (AvgIpc) is 2.10. The minimum Gasteiger partial charge on any atom is -0.306 e. The van der Waals surface area contributed by atoms with Gasteiger partial charge in [0.05, 0.1) is 0 Å². The molecule has 1 atom stereocenters. The fraction of sp³-hybridized carbons (Fsp3) is 1.00. The fourth-order valence-electron chi connectivity index (χ4n) is 1.53. The molecule has 86 valence electrons. The summed E-state index contributed by atoms with van der Waals surface area (Å²) in [6.45, 7) is 5.94. The Balaban J connectivity index is 4.21. The fourth-order valence-corrected chi connectivity index (χ4v) is 1.53. The summed E-state index contributed by atoms with van der Waals surface area (Å²) in [7, 11) is 0. The van der Waals surface area contributed by atoms with Crippen LogP contribution >= 0.6 is 0 Å². The lowest BCUT2D eigenvalue weighted by atomic mass is 9.94. The molecule has 0 heterocycles. The Labute approximate surface area is 84.1 Å². The normalized spacial score (nSPS) is 14.8. The van der Waals surface area contributed by atoms with Crippen molar-refractivity contribution >= 4 is 0 Å². The van der Waals surface area contributed by atoms with Crippen molar-refractivity contribution < 1.29 is 13.2 Å². The molecule has 14 heavy (non-hydrogen) atoms. The molecule has 0 aromatic heterocycles. The van der Waals surface area contributed by atoms with E-state index in [1.807, 2.05) is 13.8 Å². The smallest absolute Gasteiger partial charge is 0.306 e. The van der Waals surface area contributed by atoms with Gasteiger partial charge in [0.25, 0.3) is 0 Å². The Kier molecular flexibility index (Phi) is 6.16. The van der Waals surface area contributed by atoms with E-state index in [1.165, 1.54) is 0 Å². The van der Waals surface area contributed by atoms with Gasteiger partial charge in [-0.2, -0.15) is 13.2 Å². The highest BCUT2D eigenvalue weighted by molar-refractivity contribution is 4.77. The van der Waals surface area contributed by atoms with Crippen LogP contribution in [0.4, 0.5) is 13.2 Å². The van der Waals surface area contributed by atoms with Gasteiger partial charge in [0, 0.05) is 0 Å². The second-order valence-electron chi connectivity index (χ2n) is 3.57. The van der Waals surface area contributed by atoms with Gasteiger partial charge in [-0.3, -0.25) is 0 Å². The third-order valence-corrected chi connectivity index (χ3v) is 2.57. The van der Waals surface area contributed by atoms with E-state index in [9.17, 15) is 13.2 Å². The van der Waals surface area contributed by atoms with E-state index in [1.54, 1.807) is 6.92 Å². The van der Waals surface area contributed by atoms with Crippen LogP contribution < -0.4 is 5.32 Å². The van der Waals surface area contributed by atoms with Gasteiger partial charge < -0.3 is 5.32 Å². The largest absolute Gasteiger partial charge is 0.403 e. The van der Waals surface area contributed by atoms with Crippen LogP contribution in [-0.4, -0.2) is 18.8 Å². The second kappa shape index (κ2) is 6.27. The highest BCUT2D eigenvalue weighted by atomic mass is 19.4. The van der Waals surface area contributed by atoms with Crippen molar-refractivity contribution in [3.8, 4) is 0 Å². The van der Waals surface area contributed by atoms with Gasteiger partial charge in [0.15, 0.2) is 0 Å². The third-order valence-electron chi connectivity index (χ3n) is 2.57. The molecule has 0 aromatic carbocycles. The molecule has 0 amide bonds. The Morgan fingerprint density at radius 2 is 1.57 bits per heavy atom. The molecule has 1 N–H and O–H groups in total. The van der Waals surface area contributed by atoms with Crippen LogP contribution in [0.1, 0.15) is 40.0 Å². The van der Waals surface area contributed by atoms with Gasteiger partial charge in [-0.1, -0.05) is 33.6 Å². The average molecular weight is 211 g/mol. The molecular formula is C10H20F3N. The molecule has 0 saturated heterocycles. The van der Waals surface area contributed by atoms with Crippen molar-refractivity contribution in [2.45, 2.75) is 52.3 Å². The summed E-state index contributed by atoms with van der Waals surface area (Å²) in [5, 5.41) is 2.50. The maximum Gasteiger partial charge on any atom is 0.403 e. The summed E-state index contributed by atoms with van der Waals surface area (Å²) in [6.07, 6.45) is -2.29. The lowest BCUT2D eigenvalue weighted by molar-refractivity contribution is -0.159. The number of alkyl halides is 3. The predicted molar refractivity (Wildman–Crippen MR) is 52.2 cm³/mol. The van der Waals surface area contributed by atoms with Gasteiger partial charge in [-0.05, 0) is 18.9 Å². The first kappa shape index (κ1) is 13.8. The van der Waals surface area contributed by atoms with Crippen LogP contribution in [0, 0.1) is 5.92 Å². The summed E-state index contributed by atoms with van der Waals surface area (Å²) in [5.41, 5.74) is 0. The summed E-state index contributed by atoms with van der Waals surface area (Å²) in [5.74, 6) is 0.167. The monoisotopic (exact) mass is 211 g/mol. The molecule has 0 bridgehead atoms. The quantitative estimate of drug-likeness (QED) is 0.710. The van der Waals surface area contributed by atoms with E-state index >= 15 is 0 Å². The van der Waals surface area contributed by atoms with E-state index in [0.29, 0.717) is 6.54 Å². The molecule has 0 saturated carbocycles. The zero-order valence-corrected chi connectivity index (χ0v) is 9.12. The molecule has 1 unspecified atom stereocenters. The molecule has 0 aliphatic rings. The standard InChI is InChI=1S/C10H20F3N/c1-4-8(5-2)7-9(14-6-3)10(11,12)13/h8-9,14H,4-7H2,1-3H3. The first-order valence-corrected chi connectivity index (χ1v) is 5.25. The van der Waals surface area contributed by atoms with Crippen LogP contribution in [0.25, 0.3) is 0 Å². The molecule has 0 aromatic rings. The molecule has 0 aliphatic heterocycles.